The third kappa shape index (κ3) is 9.92. The molecule has 0 saturated heterocycles. The number of imidazole rings is 1. The van der Waals surface area contributed by atoms with Crippen molar-refractivity contribution in [2.24, 2.45) is 0 Å². The van der Waals surface area contributed by atoms with E-state index in [1.165, 1.54) is 17.2 Å². The van der Waals surface area contributed by atoms with Crippen LogP contribution in [0.4, 0.5) is 0 Å². The Labute approximate surface area is 470 Å². The van der Waals surface area contributed by atoms with E-state index in [1.54, 1.807) is 30.3 Å². The maximum atomic E-state index is 9.54. The predicted molar refractivity (Wildman–Crippen MR) is 310 cm³/mol. The fourth-order valence-electron chi connectivity index (χ4n) is 9.92. The summed E-state index contributed by atoms with van der Waals surface area (Å²) in [6.45, 7) is 23.4. The van der Waals surface area contributed by atoms with Crippen LogP contribution in [0.25, 0.3) is 94.5 Å². The van der Waals surface area contributed by atoms with Crippen molar-refractivity contribution in [3.05, 3.63) is 178 Å². The summed E-state index contributed by atoms with van der Waals surface area (Å²) in [5.74, 6) is 1.07. The molecule has 76 heavy (non-hydrogen) atoms. The molecule has 4 heterocycles. The molecule has 4 aromatic heterocycles. The number of fused-ring (bicyclic) bond motifs is 7. The molecule has 387 valence electrons. The van der Waals surface area contributed by atoms with Crippen LogP contribution in [0.2, 0.25) is 0 Å². The van der Waals surface area contributed by atoms with E-state index < -0.39 is 13.7 Å². The average molecular weight is 1180 g/mol. The van der Waals surface area contributed by atoms with Crippen LogP contribution in [0.1, 0.15) is 155 Å². The molecule has 0 unspecified atom stereocenters. The molecule has 8 heteroatoms. The van der Waals surface area contributed by atoms with E-state index in [0.717, 1.165) is 55.8 Å². The van der Waals surface area contributed by atoms with Gasteiger partial charge < -0.3 is 13.4 Å². The van der Waals surface area contributed by atoms with Gasteiger partial charge in [-0.05, 0) is 123 Å². The van der Waals surface area contributed by atoms with Crippen LogP contribution >= 0.6 is 0 Å². The Morgan fingerprint density at radius 2 is 1.30 bits per heavy atom. The monoisotopic (exact) mass is 1180 g/mol. The zero-order chi connectivity index (χ0) is 58.5. The maximum absolute atomic E-state index is 9.54. The van der Waals surface area contributed by atoms with Crippen molar-refractivity contribution >= 4 is 54.9 Å². The second kappa shape index (κ2) is 20.1. The Balaban J connectivity index is 0.000000410. The summed E-state index contributed by atoms with van der Waals surface area (Å²) in [6, 6.07) is 45.3. The maximum Gasteiger partial charge on any atom is 0.136 e. The van der Waals surface area contributed by atoms with Crippen LogP contribution in [0, 0.1) is 37.2 Å². The summed E-state index contributed by atoms with van der Waals surface area (Å²) in [5.41, 5.74) is 13.0. The number of benzene rings is 7. The third-order valence-electron chi connectivity index (χ3n) is 14.2. The quantitative estimate of drug-likeness (QED) is 0.154. The van der Waals surface area contributed by atoms with Crippen LogP contribution in [-0.2, 0) is 36.4 Å². The van der Waals surface area contributed by atoms with Gasteiger partial charge in [0.2, 0.25) is 0 Å². The van der Waals surface area contributed by atoms with Gasteiger partial charge in [0.05, 0.1) is 39.9 Å². The van der Waals surface area contributed by atoms with Crippen LogP contribution in [0.15, 0.2) is 130 Å². The SMILES string of the molecule is CC(C)(C)c1ccnc(-c2[c-]cccc2)n1.[2H]C([2H])([2H])c1c[c-]c(-c2nc3cccc(C([2H])([2H])[2H])c3n2-c2c(C(C)C)cc(-c3cc(C(C)(C)C)cc(C(C)(C)C)c3)cc2C(C)C)c2oc3cc4c(cc3c12)oc1cc(C#N)ccc14.[Ir]. The zero-order valence-electron chi connectivity index (χ0n) is 51.6. The van der Waals surface area contributed by atoms with Crippen molar-refractivity contribution in [3.63, 3.8) is 0 Å². The summed E-state index contributed by atoms with van der Waals surface area (Å²) in [4.78, 5) is 14.1. The molecule has 0 N–H and O–H groups in total. The van der Waals surface area contributed by atoms with E-state index in [0.29, 0.717) is 55.5 Å². The van der Waals surface area contributed by atoms with Crippen molar-refractivity contribution in [1.29, 1.82) is 5.26 Å². The predicted octanol–water partition coefficient (Wildman–Crippen LogP) is 18.5. The molecule has 11 rings (SSSR count). The number of para-hydroxylation sites is 1. The van der Waals surface area contributed by atoms with Gasteiger partial charge in [0, 0.05) is 67.5 Å². The van der Waals surface area contributed by atoms with E-state index >= 15 is 0 Å². The number of hydrogen-bond acceptors (Lipinski definition) is 6. The molecule has 0 saturated carbocycles. The second-order valence-electron chi connectivity index (χ2n) is 23.5. The van der Waals surface area contributed by atoms with Gasteiger partial charge >= 0.3 is 0 Å². The minimum Gasteiger partial charge on any atom is -0.501 e. The van der Waals surface area contributed by atoms with Crippen molar-refractivity contribution in [2.75, 3.05) is 0 Å². The van der Waals surface area contributed by atoms with Gasteiger partial charge in [0.25, 0.3) is 0 Å². The van der Waals surface area contributed by atoms with Gasteiger partial charge in [0.1, 0.15) is 16.7 Å². The van der Waals surface area contributed by atoms with E-state index in [4.69, 9.17) is 22.0 Å². The summed E-state index contributed by atoms with van der Waals surface area (Å²) in [6.07, 6.45) is 1.81. The van der Waals surface area contributed by atoms with E-state index in [1.807, 2.05) is 59.3 Å². The van der Waals surface area contributed by atoms with E-state index in [9.17, 15) is 5.26 Å². The molecule has 1 radical (unpaired) electrons. The van der Waals surface area contributed by atoms with E-state index in [-0.39, 0.29) is 64.9 Å². The molecule has 0 amide bonds. The fourth-order valence-corrected chi connectivity index (χ4v) is 9.92. The molecule has 7 nitrogen and oxygen atoms in total. The van der Waals surface area contributed by atoms with E-state index in [2.05, 4.69) is 149 Å². The fraction of sp³-hybridized carbons (Fsp3) is 0.294. The molecule has 0 aliphatic rings. The Morgan fingerprint density at radius 3 is 1.92 bits per heavy atom. The van der Waals surface area contributed by atoms with Crippen molar-refractivity contribution in [3.8, 4) is 45.7 Å². The molecule has 0 aliphatic carbocycles. The van der Waals surface area contributed by atoms with Crippen LogP contribution in [0.3, 0.4) is 0 Å². The van der Waals surface area contributed by atoms with Gasteiger partial charge in [-0.25, -0.2) is 0 Å². The number of rotatable bonds is 6. The molecule has 0 spiro atoms. The first kappa shape index (κ1) is 46.2. The molecular weight excluding hydrogens is 1110 g/mol. The summed E-state index contributed by atoms with van der Waals surface area (Å²) >= 11 is 0. The Kier molecular flexibility index (Phi) is 12.2. The number of hydrogen-bond donors (Lipinski definition) is 0. The van der Waals surface area contributed by atoms with Gasteiger partial charge in [-0.3, -0.25) is 15.0 Å². The number of furan rings is 2. The van der Waals surface area contributed by atoms with Gasteiger partial charge in [-0.2, -0.15) is 5.26 Å². The van der Waals surface area contributed by atoms with Crippen molar-refractivity contribution in [1.82, 2.24) is 19.5 Å². The van der Waals surface area contributed by atoms with Gasteiger partial charge in [-0.1, -0.05) is 138 Å². The van der Waals surface area contributed by atoms with Gasteiger partial charge in [-0.15, -0.1) is 53.6 Å². The standard InChI is InChI=1S/C54H52N3O2.C14H15N2.Ir/c1-29(2)40-23-35(34-21-36(53(7,8)9)25-37(22-34)54(10,11)12)24-41(30(3)4)50(40)57-49-32(6)14-13-15-44(49)56-52(57)39-18-16-31(5)48-43-27-46-42(26-47(43)59-51(39)48)38-19-17-33(28-55)20-45(38)58-46;1-14(2,3)12-9-10-15-13(16-12)11-7-5-4-6-8-11;/h13-17,19-27,29-30H,1-12H3;4-7,9-10H,1-3H3;/q2*-1;/i5D3,6D3;;. The molecule has 11 aromatic rings. The Bertz CT molecular complexity index is 4230. The average Bonchev–Trinajstić information content (AvgIpc) is 2.33. The Morgan fingerprint density at radius 1 is 0.645 bits per heavy atom. The first-order chi connectivity index (χ1) is 37.9. The first-order valence-electron chi connectivity index (χ1n) is 28.8. The Hall–Kier alpha value is -7.17. The third-order valence-corrected chi connectivity index (χ3v) is 14.2. The van der Waals surface area contributed by atoms with Crippen LogP contribution < -0.4 is 0 Å². The molecule has 0 fully saturated rings. The first-order valence-corrected chi connectivity index (χ1v) is 25.8. The number of nitriles is 1. The summed E-state index contributed by atoms with van der Waals surface area (Å²) in [7, 11) is 0. The van der Waals surface area contributed by atoms with Crippen molar-refractivity contribution < 1.29 is 37.2 Å². The van der Waals surface area contributed by atoms with Crippen LogP contribution in [-0.4, -0.2) is 19.5 Å². The molecule has 0 atom stereocenters. The van der Waals surface area contributed by atoms with Crippen molar-refractivity contribution in [2.45, 2.75) is 132 Å². The summed E-state index contributed by atoms with van der Waals surface area (Å²) < 4.78 is 67.5. The minimum atomic E-state index is -2.55. The number of nitrogens with zero attached hydrogens (tertiary/aromatic N) is 5. The molecule has 0 bridgehead atoms. The van der Waals surface area contributed by atoms with Gasteiger partial charge in [0.15, 0.2) is 0 Å². The normalized spacial score (nSPS) is 13.8. The topological polar surface area (TPSA) is 93.7 Å². The summed E-state index contributed by atoms with van der Waals surface area (Å²) in [5, 5.41) is 12.0. The molecular formula is C68H67IrN5O2-2. The number of aryl methyl sites for hydroxylation is 2. The second-order valence-corrected chi connectivity index (χ2v) is 23.5. The number of aromatic nitrogens is 4. The molecule has 0 aliphatic heterocycles. The van der Waals surface area contributed by atoms with Crippen LogP contribution in [0.5, 0.6) is 0 Å². The molecule has 7 aromatic carbocycles. The smallest absolute Gasteiger partial charge is 0.136 e. The minimum absolute atomic E-state index is 0. The zero-order valence-corrected chi connectivity index (χ0v) is 48.0. The largest absolute Gasteiger partial charge is 0.501 e.